The average molecular weight is 1180 g/mol. The first-order chi connectivity index (χ1) is 39.2. The van der Waals surface area contributed by atoms with Crippen LogP contribution >= 0.6 is 47.0 Å². The number of benzene rings is 5. The standard InChI is InChI=1S/C60H49N3O15S4/c1-33(2)52(67)73-26-28-75-54(69)37-22-14-16-24-39(37)56(71)77-43-45-46(80-58(79-45)41(30-61)49(64)60(5,6)7)44(78-57(72)40-25-17-15-23-38(40)55(70)76-29-27-74-53(68)34(3)4)48-47(43)81-59(82-48)42-50(65)62(31-35-18-10-8-11-19-35)63(51(42)66)32-36-20-12-9-13-21-36/h8-25H,1,3,26-29,31-32H2,2,4-7H3. The summed E-state index contributed by atoms with van der Waals surface area (Å²) < 4.78 is 33.8. The zero-order chi connectivity index (χ0) is 59.0. The van der Waals surface area contributed by atoms with Crippen LogP contribution in [0.3, 0.4) is 0 Å². The summed E-state index contributed by atoms with van der Waals surface area (Å²) in [4.78, 5) is 125. The Kier molecular flexibility index (Phi) is 18.8. The maximum absolute atomic E-state index is 15.0. The minimum absolute atomic E-state index is 0.00277. The molecule has 0 saturated carbocycles. The first-order valence-electron chi connectivity index (χ1n) is 24.9. The fraction of sp³-hybridized carbons (Fsp3) is 0.200. The van der Waals surface area contributed by atoms with Gasteiger partial charge in [0.15, 0.2) is 17.3 Å². The van der Waals surface area contributed by atoms with Crippen molar-refractivity contribution in [2.45, 2.75) is 67.3 Å². The van der Waals surface area contributed by atoms with Crippen molar-refractivity contribution in [1.82, 2.24) is 10.0 Å². The van der Waals surface area contributed by atoms with Gasteiger partial charge in [0.05, 0.1) is 63.4 Å². The first-order valence-corrected chi connectivity index (χ1v) is 28.2. The second kappa shape index (κ2) is 25.9. The van der Waals surface area contributed by atoms with Crippen LogP contribution in [0.2, 0.25) is 0 Å². The third kappa shape index (κ3) is 13.2. The zero-order valence-corrected chi connectivity index (χ0v) is 47.9. The third-order valence-electron chi connectivity index (χ3n) is 11.9. The molecule has 0 aliphatic carbocycles. The highest BCUT2D eigenvalue weighted by Gasteiger charge is 2.47. The van der Waals surface area contributed by atoms with Gasteiger partial charge in [-0.15, -0.1) is 0 Å². The number of hydrogen-bond acceptors (Lipinski definition) is 20. The van der Waals surface area contributed by atoms with Crippen LogP contribution in [0.5, 0.6) is 11.5 Å². The summed E-state index contributed by atoms with van der Waals surface area (Å²) in [6.45, 7) is 13.4. The smallest absolute Gasteiger partial charge is 0.344 e. The number of carbonyl (C=O) groups is 9. The van der Waals surface area contributed by atoms with Crippen LogP contribution in [0.1, 0.15) is 87.2 Å². The molecule has 1 fully saturated rings. The molecule has 3 heterocycles. The predicted molar refractivity (Wildman–Crippen MR) is 303 cm³/mol. The van der Waals surface area contributed by atoms with E-state index in [2.05, 4.69) is 13.2 Å². The number of carbonyl (C=O) groups excluding carboxylic acids is 9. The van der Waals surface area contributed by atoms with Gasteiger partial charge < -0.3 is 28.4 Å². The molecule has 82 heavy (non-hydrogen) atoms. The minimum atomic E-state index is -1.10. The highest BCUT2D eigenvalue weighted by molar-refractivity contribution is 8.26. The highest BCUT2D eigenvalue weighted by Crippen LogP contribution is 2.69. The predicted octanol–water partition coefficient (Wildman–Crippen LogP) is 10.6. The van der Waals surface area contributed by atoms with Crippen molar-refractivity contribution in [3.63, 3.8) is 0 Å². The van der Waals surface area contributed by atoms with E-state index in [9.17, 15) is 48.4 Å². The molecule has 8 rings (SSSR count). The third-order valence-corrected chi connectivity index (χ3v) is 17.1. The van der Waals surface area contributed by atoms with E-state index in [4.69, 9.17) is 28.4 Å². The normalized spacial score (nSPS) is 13.4. The molecule has 418 valence electrons. The fourth-order valence-electron chi connectivity index (χ4n) is 7.84. The molecule has 22 heteroatoms. The first kappa shape index (κ1) is 59.5. The van der Waals surface area contributed by atoms with Crippen molar-refractivity contribution < 1.29 is 71.6 Å². The molecular weight excluding hydrogens is 1130 g/mol. The average Bonchev–Trinajstić information content (AvgIpc) is 4.34. The summed E-state index contributed by atoms with van der Waals surface area (Å²) >= 11 is 3.42. The number of hydrogen-bond donors (Lipinski definition) is 0. The van der Waals surface area contributed by atoms with E-state index in [1.165, 1.54) is 72.4 Å². The Hall–Kier alpha value is -8.62. The van der Waals surface area contributed by atoms with E-state index in [1.54, 1.807) is 45.0 Å². The minimum Gasteiger partial charge on any atom is -0.459 e. The molecule has 1 saturated heterocycles. The number of rotatable bonds is 19. The van der Waals surface area contributed by atoms with E-state index in [0.29, 0.717) is 11.1 Å². The molecule has 0 radical (unpaired) electrons. The Labute approximate surface area is 487 Å². The van der Waals surface area contributed by atoms with Gasteiger partial charge in [0.2, 0.25) is 0 Å². The number of hydrazine groups is 1. The lowest BCUT2D eigenvalue weighted by Gasteiger charge is -2.27. The lowest BCUT2D eigenvalue weighted by atomic mass is 9.87. The molecule has 0 unspecified atom stereocenters. The molecule has 3 aliphatic heterocycles. The summed E-state index contributed by atoms with van der Waals surface area (Å²) in [5, 5.41) is 13.3. The van der Waals surface area contributed by atoms with Gasteiger partial charge >= 0.3 is 35.8 Å². The maximum atomic E-state index is 15.0. The summed E-state index contributed by atoms with van der Waals surface area (Å²) in [5.74, 6) is -7.88. The van der Waals surface area contributed by atoms with Crippen molar-refractivity contribution in [1.29, 1.82) is 5.26 Å². The van der Waals surface area contributed by atoms with Crippen molar-refractivity contribution in [2.24, 2.45) is 5.41 Å². The molecule has 5 aromatic carbocycles. The summed E-state index contributed by atoms with van der Waals surface area (Å²) in [7, 11) is 0. The number of nitriles is 1. The van der Waals surface area contributed by atoms with Crippen LogP contribution < -0.4 is 9.47 Å². The van der Waals surface area contributed by atoms with Gasteiger partial charge in [-0.25, -0.2) is 38.8 Å². The van der Waals surface area contributed by atoms with E-state index in [1.807, 2.05) is 42.5 Å². The number of allylic oxidation sites excluding steroid dienone is 1. The highest BCUT2D eigenvalue weighted by atomic mass is 32.2. The number of fused-ring (bicyclic) bond motifs is 2. The fourth-order valence-corrected chi connectivity index (χ4v) is 13.3. The quantitative estimate of drug-likeness (QED) is 0.0142. The van der Waals surface area contributed by atoms with E-state index >= 15 is 0 Å². The van der Waals surface area contributed by atoms with Gasteiger partial charge in [-0.05, 0) is 49.2 Å². The Morgan fingerprint density at radius 1 is 0.512 bits per heavy atom. The van der Waals surface area contributed by atoms with Crippen molar-refractivity contribution >= 4 is 100 Å². The Morgan fingerprint density at radius 3 is 1.21 bits per heavy atom. The zero-order valence-electron chi connectivity index (χ0n) is 44.6. The molecule has 0 spiro atoms. The van der Waals surface area contributed by atoms with Gasteiger partial charge in [0.25, 0.3) is 11.8 Å². The number of nitrogens with zero attached hydrogens (tertiary/aromatic N) is 3. The number of amides is 2. The summed E-state index contributed by atoms with van der Waals surface area (Å²) in [6.07, 6.45) is 0. The maximum Gasteiger partial charge on any atom is 0.344 e. The molecule has 3 aliphatic rings. The number of Topliss-reactive ketones (excluding diaryl/α,β-unsaturated/α-hetero) is 1. The molecular formula is C60H49N3O15S4. The van der Waals surface area contributed by atoms with Crippen molar-refractivity contribution in [2.75, 3.05) is 26.4 Å². The Bertz CT molecular complexity index is 3430. The van der Waals surface area contributed by atoms with Gasteiger partial charge in [0, 0.05) is 16.6 Å². The molecule has 0 bridgehead atoms. The molecule has 18 nitrogen and oxygen atoms in total. The van der Waals surface area contributed by atoms with Gasteiger partial charge in [-0.2, -0.15) is 5.26 Å². The van der Waals surface area contributed by atoms with Crippen LogP contribution in [0.25, 0.3) is 0 Å². The van der Waals surface area contributed by atoms with Crippen LogP contribution in [0, 0.1) is 16.7 Å². The van der Waals surface area contributed by atoms with Crippen LogP contribution in [-0.2, 0) is 56.0 Å². The van der Waals surface area contributed by atoms with E-state index in [-0.39, 0.29) is 124 Å². The van der Waals surface area contributed by atoms with Crippen molar-refractivity contribution in [3.05, 3.63) is 186 Å². The Morgan fingerprint density at radius 2 is 0.854 bits per heavy atom. The molecule has 5 aromatic rings. The number of ketones is 1. The molecule has 0 atom stereocenters. The second-order valence-electron chi connectivity index (χ2n) is 19.1. The second-order valence-corrected chi connectivity index (χ2v) is 23.7. The van der Waals surface area contributed by atoms with E-state index < -0.39 is 58.8 Å². The van der Waals surface area contributed by atoms with E-state index in [0.717, 1.165) is 47.0 Å². The number of esters is 6. The van der Waals surface area contributed by atoms with Gasteiger partial charge in [-0.1, -0.05) is 166 Å². The summed E-state index contributed by atoms with van der Waals surface area (Å²) in [6, 6.07) is 31.3. The molecule has 2 amide bonds. The largest absolute Gasteiger partial charge is 0.459 e. The topological polar surface area (TPSA) is 239 Å². The number of ether oxygens (including phenoxy) is 6. The lowest BCUT2D eigenvalue weighted by molar-refractivity contribution is -0.149. The monoisotopic (exact) mass is 1180 g/mol. The lowest BCUT2D eigenvalue weighted by Crippen LogP contribution is -2.39. The van der Waals surface area contributed by atoms with Gasteiger partial charge in [0.1, 0.15) is 43.6 Å². The van der Waals surface area contributed by atoms with Crippen LogP contribution in [0.15, 0.2) is 173 Å². The molecule has 0 N–H and O–H groups in total. The van der Waals surface area contributed by atoms with Crippen LogP contribution in [-0.4, -0.2) is 89.9 Å². The number of thioether (sulfide) groups is 4. The van der Waals surface area contributed by atoms with Crippen molar-refractivity contribution in [3.8, 4) is 17.6 Å². The Balaban J connectivity index is 1.27. The SMILES string of the molecule is C=C(C)C(=O)OCCOC(=O)c1ccccc1C(=O)Oc1c2c(c(OC(=O)c3ccccc3C(=O)OCCOC(=O)C(=C)C)c3c1SC(=C1C(=O)N(Cc4ccccc4)N(Cc4ccccc4)C1=O)S3)SC(=C(C#N)C(=O)C(C)(C)C)S2. The molecule has 0 aromatic heterocycles. The summed E-state index contributed by atoms with van der Waals surface area (Å²) in [5.41, 5.74) is -0.940. The van der Waals surface area contributed by atoms with Crippen LogP contribution in [0.4, 0.5) is 0 Å². The van der Waals surface area contributed by atoms with Gasteiger partial charge in [-0.3, -0.25) is 14.4 Å².